The molecular weight excluding hydrogens is 833 g/mol. The molecule has 346 valence electrons. The lowest BCUT2D eigenvalue weighted by Crippen LogP contribution is -2.48. The number of likely N-dealkylation sites (tertiary alicyclic amines) is 1. The molecule has 9 rings (SSSR count). The van der Waals surface area contributed by atoms with Crippen LogP contribution in [0.25, 0.3) is 10.9 Å². The molecule has 1 aromatic carbocycles. The molecule has 6 fully saturated rings. The van der Waals surface area contributed by atoms with Crippen LogP contribution >= 0.6 is 0 Å². The molecular formula is C50H66N4O9S. The fourth-order valence-electron chi connectivity index (χ4n) is 11.2. The van der Waals surface area contributed by atoms with Crippen LogP contribution in [0.3, 0.4) is 0 Å². The maximum atomic E-state index is 15.2. The van der Waals surface area contributed by atoms with Crippen LogP contribution in [-0.2, 0) is 40.4 Å². The van der Waals surface area contributed by atoms with E-state index in [4.69, 9.17) is 19.2 Å². The number of carbonyl (C=O) groups is 4. The van der Waals surface area contributed by atoms with E-state index >= 15 is 4.79 Å². The first-order valence-electron chi connectivity index (χ1n) is 24.2. The first-order valence-corrected chi connectivity index (χ1v) is 25.7. The summed E-state index contributed by atoms with van der Waals surface area (Å²) in [5.41, 5.74) is 0.213. The Hall–Kier alpha value is -4.30. The van der Waals surface area contributed by atoms with E-state index in [0.717, 1.165) is 101 Å². The number of pyridine rings is 1. The quantitative estimate of drug-likeness (QED) is 0.125. The molecule has 14 heteroatoms. The van der Waals surface area contributed by atoms with E-state index < -0.39 is 50.1 Å². The Bertz CT molecular complexity index is 2270. The molecule has 2 saturated heterocycles. The molecule has 2 amide bonds. The number of benzene rings is 1. The lowest BCUT2D eigenvalue weighted by atomic mass is 9.86. The minimum absolute atomic E-state index is 0.0415. The van der Waals surface area contributed by atoms with Gasteiger partial charge in [-0.1, -0.05) is 43.2 Å². The number of amides is 2. The zero-order valence-corrected chi connectivity index (χ0v) is 38.3. The van der Waals surface area contributed by atoms with Crippen molar-refractivity contribution in [2.45, 2.75) is 145 Å². The Labute approximate surface area is 378 Å². The molecule has 1 N–H and O–H groups in total. The van der Waals surface area contributed by atoms with Crippen molar-refractivity contribution >= 4 is 44.5 Å². The molecule has 4 saturated carbocycles. The van der Waals surface area contributed by atoms with Crippen molar-refractivity contribution in [2.24, 2.45) is 29.1 Å². The van der Waals surface area contributed by atoms with Crippen LogP contribution in [0.15, 0.2) is 49.1 Å². The lowest BCUT2D eigenvalue weighted by Gasteiger charge is -2.31. The number of nitrogens with one attached hydrogen (secondary N) is 1. The summed E-state index contributed by atoms with van der Waals surface area (Å²) in [7, 11) is -3.96. The Morgan fingerprint density at radius 2 is 1.78 bits per heavy atom. The van der Waals surface area contributed by atoms with E-state index in [1.165, 1.54) is 6.42 Å². The molecule has 1 aromatic heterocycles. The van der Waals surface area contributed by atoms with E-state index in [9.17, 15) is 22.8 Å². The number of carbonyl (C=O) groups excluding carboxylic acids is 4. The van der Waals surface area contributed by atoms with Gasteiger partial charge in [-0.2, -0.15) is 0 Å². The predicted molar refractivity (Wildman–Crippen MR) is 242 cm³/mol. The number of hydrogen-bond donors (Lipinski definition) is 1. The van der Waals surface area contributed by atoms with Crippen LogP contribution < -0.4 is 14.2 Å². The van der Waals surface area contributed by atoms with E-state index in [2.05, 4.69) is 28.4 Å². The van der Waals surface area contributed by atoms with Crippen molar-refractivity contribution in [3.8, 4) is 11.6 Å². The van der Waals surface area contributed by atoms with Crippen LogP contribution in [0.5, 0.6) is 11.6 Å². The molecule has 13 nitrogen and oxygen atoms in total. The second kappa shape index (κ2) is 18.5. The Balaban J connectivity index is 1.06. The zero-order valence-electron chi connectivity index (χ0n) is 37.5. The number of esters is 1. The maximum absolute atomic E-state index is 15.2. The highest BCUT2D eigenvalue weighted by molar-refractivity contribution is 7.91. The van der Waals surface area contributed by atoms with E-state index in [-0.39, 0.29) is 67.8 Å². The minimum atomic E-state index is -3.96. The average Bonchev–Trinajstić information content (AvgIpc) is 3.88. The van der Waals surface area contributed by atoms with Gasteiger partial charge in [0, 0.05) is 24.8 Å². The summed E-state index contributed by atoms with van der Waals surface area (Å²) in [6.07, 6.45) is 16.7. The van der Waals surface area contributed by atoms with Crippen LogP contribution in [0.1, 0.15) is 122 Å². The molecule has 7 atom stereocenters. The molecule has 2 bridgehead atoms. The molecule has 2 aromatic rings. The number of allylic oxidation sites excluding steroid dienone is 3. The summed E-state index contributed by atoms with van der Waals surface area (Å²) in [5, 5.41) is 0.887. The summed E-state index contributed by atoms with van der Waals surface area (Å²) in [5.74, 6) is -1.48. The third-order valence-electron chi connectivity index (χ3n) is 15.8. The van der Waals surface area contributed by atoms with Crippen LogP contribution in [-0.4, -0.2) is 103 Å². The first-order chi connectivity index (χ1) is 30.9. The highest BCUT2D eigenvalue weighted by Crippen LogP contribution is 2.57. The zero-order chi connectivity index (χ0) is 44.6. The van der Waals surface area contributed by atoms with Gasteiger partial charge in [0.1, 0.15) is 18.0 Å². The summed E-state index contributed by atoms with van der Waals surface area (Å²) < 4.78 is 47.7. The van der Waals surface area contributed by atoms with Gasteiger partial charge in [0.2, 0.25) is 27.7 Å². The highest BCUT2D eigenvalue weighted by atomic mass is 32.2. The van der Waals surface area contributed by atoms with E-state index in [1.54, 1.807) is 17.9 Å². The fourth-order valence-corrected chi connectivity index (χ4v) is 12.6. The van der Waals surface area contributed by atoms with Gasteiger partial charge in [0.25, 0.3) is 0 Å². The number of aromatic nitrogens is 1. The molecule has 3 aliphatic heterocycles. The second-order valence-corrected chi connectivity index (χ2v) is 22.4. The van der Waals surface area contributed by atoms with Gasteiger partial charge in [-0.3, -0.25) is 23.9 Å². The average molecular weight is 899 g/mol. The summed E-state index contributed by atoms with van der Waals surface area (Å²) >= 11 is 0. The van der Waals surface area contributed by atoms with E-state index in [1.807, 2.05) is 24.3 Å². The summed E-state index contributed by atoms with van der Waals surface area (Å²) in [6, 6.07) is 6.90. The number of ketones is 1. The molecule has 0 radical (unpaired) electrons. The normalized spacial score (nSPS) is 31.4. The number of ether oxygens (including phenoxy) is 3. The third-order valence-corrected chi connectivity index (χ3v) is 18.0. The number of sulfonamides is 1. The Morgan fingerprint density at radius 1 is 1.00 bits per heavy atom. The Morgan fingerprint density at radius 3 is 2.52 bits per heavy atom. The van der Waals surface area contributed by atoms with E-state index in [0.29, 0.717) is 37.3 Å². The number of hydrogen-bond acceptors (Lipinski definition) is 11. The number of rotatable bonds is 13. The summed E-state index contributed by atoms with van der Waals surface area (Å²) in [6.45, 7) is 9.32. The van der Waals surface area contributed by atoms with Crippen molar-refractivity contribution in [2.75, 3.05) is 32.8 Å². The van der Waals surface area contributed by atoms with Crippen LogP contribution in [0.2, 0.25) is 0 Å². The standard InChI is InChI=1S/C50H66N4O9S/c1-3-35-30-50(35,48(58)52-64(59,60)49(2)22-23-49)31-42(55)41-28-36-32-54(41)47(57)39(33-14-7-8-15-33)29-44(56)63-43-21-11-17-34(43)16-5-4-6-19-38-45(61-27-13-26-53-24-12-25-53)37-18-9-10-20-40(37)51-46(38)62-36/h3-4,6,9-10,18,20,33-36,39,41,43H,1,5,7-8,11-17,19,21-32H2,2H3,(H,52,58)/b6-4+/t34-,35?,36-,39+,41+,43-,50-/m1/s1. The molecule has 0 spiro atoms. The van der Waals surface area contributed by atoms with Crippen LogP contribution in [0, 0.1) is 29.1 Å². The van der Waals surface area contributed by atoms with Crippen LogP contribution in [0.4, 0.5) is 0 Å². The van der Waals surface area contributed by atoms with Gasteiger partial charge in [0.15, 0.2) is 5.78 Å². The number of fused-ring (bicyclic) bond motifs is 5. The van der Waals surface area contributed by atoms with Crippen molar-refractivity contribution in [1.29, 1.82) is 0 Å². The van der Waals surface area contributed by atoms with Crippen molar-refractivity contribution in [1.82, 2.24) is 19.5 Å². The lowest BCUT2D eigenvalue weighted by molar-refractivity contribution is -0.156. The number of nitrogens with zero attached hydrogens (tertiary/aromatic N) is 3. The first kappa shape index (κ1) is 44.9. The Kier molecular flexibility index (Phi) is 13.0. The number of para-hydroxylation sites is 1. The highest BCUT2D eigenvalue weighted by Gasteiger charge is 2.62. The third kappa shape index (κ3) is 9.24. The maximum Gasteiger partial charge on any atom is 0.306 e. The van der Waals surface area contributed by atoms with Crippen molar-refractivity contribution < 1.29 is 41.8 Å². The molecule has 4 aliphatic carbocycles. The smallest absolute Gasteiger partial charge is 0.306 e. The molecule has 64 heavy (non-hydrogen) atoms. The SMILES string of the molecule is C=CC1C[C@]1(CC(=O)[C@@H]1C[C@@H]2CN1C(=O)[C@H](C1CCCC1)CC(=O)O[C@@H]1CCC[C@H]1CC/C=C/Cc1c(nc3ccccc3c1OCCCN1CCC1)O2)C(=O)NS(=O)(=O)C1(C)CC1. The second-order valence-electron chi connectivity index (χ2n) is 20.2. The van der Waals surface area contributed by atoms with Gasteiger partial charge in [-0.15, -0.1) is 6.58 Å². The summed E-state index contributed by atoms with van der Waals surface area (Å²) in [4.78, 5) is 67.0. The van der Waals surface area contributed by atoms with Gasteiger partial charge in [-0.05, 0) is 133 Å². The topological polar surface area (TPSA) is 162 Å². The molecule has 4 heterocycles. The molecule has 7 aliphatic rings. The van der Waals surface area contributed by atoms with Gasteiger partial charge < -0.3 is 24.0 Å². The van der Waals surface area contributed by atoms with Crippen molar-refractivity contribution in [3.63, 3.8) is 0 Å². The van der Waals surface area contributed by atoms with Gasteiger partial charge >= 0.3 is 5.97 Å². The molecule has 1 unspecified atom stereocenters. The van der Waals surface area contributed by atoms with Crippen molar-refractivity contribution in [3.05, 3.63) is 54.6 Å². The number of Topliss-reactive ketones (excluding diaryl/α,β-unsaturated/α-hetero) is 1. The fraction of sp³-hybridized carbons (Fsp3) is 0.660. The predicted octanol–water partition coefficient (Wildman–Crippen LogP) is 7.01. The largest absolute Gasteiger partial charge is 0.492 e. The minimum Gasteiger partial charge on any atom is -0.492 e. The van der Waals surface area contributed by atoms with Gasteiger partial charge in [-0.25, -0.2) is 13.4 Å². The van der Waals surface area contributed by atoms with Gasteiger partial charge in [0.05, 0.1) is 52.8 Å². The monoisotopic (exact) mass is 898 g/mol.